The van der Waals surface area contributed by atoms with Crippen LogP contribution in [0.2, 0.25) is 0 Å². The zero-order valence-electron chi connectivity index (χ0n) is 20.7. The summed E-state index contributed by atoms with van der Waals surface area (Å²) < 4.78 is 34.0. The first-order valence-electron chi connectivity index (χ1n) is 11.9. The molecule has 1 N–H and O–H groups in total. The third-order valence-corrected chi connectivity index (χ3v) is 6.36. The number of amides is 1. The molecule has 5 rings (SSSR count). The smallest absolute Gasteiger partial charge is 0.280 e. The highest BCUT2D eigenvalue weighted by atomic mass is 19.3. The van der Waals surface area contributed by atoms with Crippen LogP contribution in [0.15, 0.2) is 61.1 Å². The van der Waals surface area contributed by atoms with E-state index in [1.54, 1.807) is 42.7 Å². The summed E-state index contributed by atoms with van der Waals surface area (Å²) in [5.41, 5.74) is 1.51. The van der Waals surface area contributed by atoms with E-state index < -0.39 is 12.3 Å². The number of hydrogen-bond donors (Lipinski definition) is 1. The first kappa shape index (κ1) is 24.5. The Bertz CT molecular complexity index is 1440. The molecule has 4 aromatic rings. The van der Waals surface area contributed by atoms with Gasteiger partial charge in [-0.3, -0.25) is 9.78 Å². The molecule has 1 aliphatic rings. The van der Waals surface area contributed by atoms with E-state index in [1.807, 2.05) is 10.6 Å². The van der Waals surface area contributed by atoms with E-state index in [2.05, 4.69) is 46.3 Å². The fourth-order valence-corrected chi connectivity index (χ4v) is 4.63. The van der Waals surface area contributed by atoms with Crippen LogP contribution in [0.25, 0.3) is 22.6 Å². The van der Waals surface area contributed by atoms with Crippen molar-refractivity contribution in [1.29, 1.82) is 0 Å². The van der Waals surface area contributed by atoms with Gasteiger partial charge in [0.15, 0.2) is 5.82 Å². The molecule has 0 radical (unpaired) electrons. The fourth-order valence-electron chi connectivity index (χ4n) is 4.63. The van der Waals surface area contributed by atoms with E-state index in [9.17, 15) is 13.6 Å². The number of halogens is 2. The maximum atomic E-state index is 13.4. The zero-order valence-corrected chi connectivity index (χ0v) is 20.7. The molecule has 1 amide bonds. The molecule has 0 fully saturated rings. The summed E-state index contributed by atoms with van der Waals surface area (Å²) in [7, 11) is 0. The number of benzene rings is 1. The summed E-state index contributed by atoms with van der Waals surface area (Å²) >= 11 is 0. The van der Waals surface area contributed by atoms with Gasteiger partial charge in [-0.2, -0.15) is 0 Å². The lowest BCUT2D eigenvalue weighted by molar-refractivity contribution is 0.102. The Balaban J connectivity index is 1.56. The predicted molar refractivity (Wildman–Crippen MR) is 134 cm³/mol. The van der Waals surface area contributed by atoms with Crippen LogP contribution < -0.4 is 10.1 Å². The van der Waals surface area contributed by atoms with Gasteiger partial charge in [0.2, 0.25) is 0 Å². The number of nitrogens with zero attached hydrogens (tertiary/aromatic N) is 5. The van der Waals surface area contributed by atoms with E-state index in [4.69, 9.17) is 4.74 Å². The average molecular weight is 505 g/mol. The van der Waals surface area contributed by atoms with Crippen LogP contribution >= 0.6 is 0 Å². The fraction of sp³-hybridized carbons (Fsp3) is 0.296. The van der Waals surface area contributed by atoms with Gasteiger partial charge in [-0.05, 0) is 62.1 Å². The van der Waals surface area contributed by atoms with Crippen LogP contribution in [-0.2, 0) is 5.54 Å². The second kappa shape index (κ2) is 9.68. The Kier molecular flexibility index (Phi) is 6.41. The van der Waals surface area contributed by atoms with Crippen LogP contribution in [0.1, 0.15) is 49.7 Å². The number of anilines is 1. The van der Waals surface area contributed by atoms with Gasteiger partial charge in [0.05, 0.1) is 12.2 Å². The Morgan fingerprint density at radius 1 is 1.14 bits per heavy atom. The number of hydrogen-bond acceptors (Lipinski definition) is 6. The summed E-state index contributed by atoms with van der Waals surface area (Å²) in [5.74, 6) is 1.09. The number of carbonyl (C=O) groups is 1. The molecule has 37 heavy (non-hydrogen) atoms. The summed E-state index contributed by atoms with van der Waals surface area (Å²) in [6, 6.07) is 13.3. The van der Waals surface area contributed by atoms with Crippen molar-refractivity contribution in [3.63, 3.8) is 0 Å². The number of aromatic nitrogens is 5. The average Bonchev–Trinajstić information content (AvgIpc) is 3.38. The molecule has 10 heteroatoms. The largest absolute Gasteiger partial charge is 0.492 e. The molecule has 1 aromatic carbocycles. The second-order valence-electron chi connectivity index (χ2n) is 9.80. The Labute approximate surface area is 212 Å². The lowest BCUT2D eigenvalue weighted by Crippen LogP contribution is -2.31. The zero-order chi connectivity index (χ0) is 26.2. The Hall–Kier alpha value is -4.21. The number of fused-ring (bicyclic) bond motifs is 5. The van der Waals surface area contributed by atoms with E-state index >= 15 is 0 Å². The molecule has 0 saturated carbocycles. The minimum atomic E-state index is -2.65. The van der Waals surface area contributed by atoms with Crippen molar-refractivity contribution in [2.45, 2.75) is 39.2 Å². The number of ether oxygens (including phenoxy) is 1. The van der Waals surface area contributed by atoms with Crippen molar-refractivity contribution in [3.8, 4) is 28.4 Å². The van der Waals surface area contributed by atoms with Crippen molar-refractivity contribution in [2.24, 2.45) is 5.92 Å². The molecular formula is C27H26F2N6O2. The molecule has 3 aromatic heterocycles. The van der Waals surface area contributed by atoms with Gasteiger partial charge in [0, 0.05) is 17.3 Å². The number of pyridine rings is 2. The molecule has 4 heterocycles. The monoisotopic (exact) mass is 504 g/mol. The SMILES string of the molecule is C[C@H]1COc2ccc(-c3ccc(C(F)F)nc3)cc2C(=O)Nc2cccc(n2)-c2nncn2C(C)(C)C1. The molecule has 8 nitrogen and oxygen atoms in total. The van der Waals surface area contributed by atoms with Crippen molar-refractivity contribution in [3.05, 3.63) is 72.3 Å². The molecule has 0 aliphatic carbocycles. The molecular weight excluding hydrogens is 478 g/mol. The van der Waals surface area contributed by atoms with E-state index in [1.165, 1.54) is 12.3 Å². The molecule has 190 valence electrons. The van der Waals surface area contributed by atoms with Gasteiger partial charge in [0.1, 0.15) is 29.3 Å². The van der Waals surface area contributed by atoms with Gasteiger partial charge in [-0.15, -0.1) is 10.2 Å². The van der Waals surface area contributed by atoms with E-state index in [0.717, 1.165) is 6.42 Å². The highest BCUT2D eigenvalue weighted by Crippen LogP contribution is 2.32. The lowest BCUT2D eigenvalue weighted by Gasteiger charge is -2.31. The lowest BCUT2D eigenvalue weighted by atomic mass is 9.91. The molecule has 2 bridgehead atoms. The number of alkyl halides is 2. The molecule has 1 atom stereocenters. The van der Waals surface area contributed by atoms with Crippen LogP contribution in [0.4, 0.5) is 14.6 Å². The van der Waals surface area contributed by atoms with Crippen LogP contribution in [0, 0.1) is 5.92 Å². The number of rotatable bonds is 2. The van der Waals surface area contributed by atoms with Crippen LogP contribution in [-0.4, -0.2) is 37.2 Å². The second-order valence-corrected chi connectivity index (χ2v) is 9.80. The highest BCUT2D eigenvalue weighted by molar-refractivity contribution is 6.06. The summed E-state index contributed by atoms with van der Waals surface area (Å²) in [4.78, 5) is 21.9. The highest BCUT2D eigenvalue weighted by Gasteiger charge is 2.28. The topological polar surface area (TPSA) is 94.8 Å². The summed E-state index contributed by atoms with van der Waals surface area (Å²) in [6.07, 6.45) is 1.18. The van der Waals surface area contributed by atoms with Gasteiger partial charge in [0.25, 0.3) is 12.3 Å². The quantitative estimate of drug-likeness (QED) is 0.374. The normalized spacial score (nSPS) is 17.2. The van der Waals surface area contributed by atoms with Crippen molar-refractivity contribution >= 4 is 11.7 Å². The first-order chi connectivity index (χ1) is 17.7. The van der Waals surface area contributed by atoms with Gasteiger partial charge >= 0.3 is 0 Å². The predicted octanol–water partition coefficient (Wildman–Crippen LogP) is 5.75. The minimum absolute atomic E-state index is 0.133. The molecule has 1 aliphatic heterocycles. The van der Waals surface area contributed by atoms with E-state index in [0.29, 0.717) is 46.4 Å². The first-order valence-corrected chi connectivity index (χ1v) is 11.9. The third kappa shape index (κ3) is 5.04. The van der Waals surface area contributed by atoms with Crippen LogP contribution in [0.5, 0.6) is 5.75 Å². The number of carbonyl (C=O) groups excluding carboxylic acids is 1. The van der Waals surface area contributed by atoms with Crippen LogP contribution in [0.3, 0.4) is 0 Å². The summed E-state index contributed by atoms with van der Waals surface area (Å²) in [5, 5.41) is 11.3. The third-order valence-electron chi connectivity index (χ3n) is 6.36. The Morgan fingerprint density at radius 2 is 1.95 bits per heavy atom. The van der Waals surface area contributed by atoms with Gasteiger partial charge < -0.3 is 14.6 Å². The van der Waals surface area contributed by atoms with Gasteiger partial charge in [-0.25, -0.2) is 13.8 Å². The van der Waals surface area contributed by atoms with Crippen molar-refractivity contribution in [2.75, 3.05) is 11.9 Å². The minimum Gasteiger partial charge on any atom is -0.492 e. The standard InChI is InChI=1S/C27H26F2N6O2/c1-16-12-27(2,3)35-15-31-34-25(35)21-5-4-6-23(32-21)33-26(36)19-11-17(8-10-22(19)37-14-16)18-7-9-20(24(28)29)30-13-18/h4-11,13,15-16,24H,12,14H2,1-3H3,(H,32,33,36)/t16-/m1/s1. The molecule has 0 unspecified atom stereocenters. The maximum Gasteiger partial charge on any atom is 0.280 e. The molecule has 0 saturated heterocycles. The molecule has 0 spiro atoms. The van der Waals surface area contributed by atoms with E-state index in [-0.39, 0.29) is 17.2 Å². The number of nitrogens with one attached hydrogen (secondary N) is 1. The van der Waals surface area contributed by atoms with Crippen molar-refractivity contribution < 1.29 is 18.3 Å². The Morgan fingerprint density at radius 3 is 2.70 bits per heavy atom. The van der Waals surface area contributed by atoms with Crippen molar-refractivity contribution in [1.82, 2.24) is 24.7 Å². The summed E-state index contributed by atoms with van der Waals surface area (Å²) in [6.45, 7) is 6.69. The maximum absolute atomic E-state index is 13.4. The van der Waals surface area contributed by atoms with Gasteiger partial charge in [-0.1, -0.05) is 25.1 Å².